The molecule has 6 heteroatoms. The van der Waals surface area contributed by atoms with Crippen LogP contribution in [0.4, 0.5) is 4.39 Å². The third kappa shape index (κ3) is 5.48. The highest BCUT2D eigenvalue weighted by Crippen LogP contribution is 2.06. The van der Waals surface area contributed by atoms with Crippen molar-refractivity contribution < 1.29 is 14.0 Å². The molecule has 0 saturated heterocycles. The van der Waals surface area contributed by atoms with Crippen LogP contribution in [0.15, 0.2) is 73.1 Å². The van der Waals surface area contributed by atoms with Gasteiger partial charge in [-0.25, -0.2) is 4.39 Å². The van der Waals surface area contributed by atoms with Crippen LogP contribution in [-0.4, -0.2) is 23.3 Å². The fourth-order valence-electron chi connectivity index (χ4n) is 2.63. The van der Waals surface area contributed by atoms with E-state index >= 15 is 0 Å². The summed E-state index contributed by atoms with van der Waals surface area (Å²) in [5.41, 5.74) is 2.87. The Kier molecular flexibility index (Phi) is 6.46. The third-order valence-corrected chi connectivity index (χ3v) is 4.22. The summed E-state index contributed by atoms with van der Waals surface area (Å²) >= 11 is 0. The minimum Gasteiger partial charge on any atom is -0.352 e. The van der Waals surface area contributed by atoms with Crippen LogP contribution in [0.3, 0.4) is 0 Å². The van der Waals surface area contributed by atoms with Crippen molar-refractivity contribution in [1.29, 1.82) is 0 Å². The Morgan fingerprint density at radius 2 is 1.32 bits per heavy atom. The zero-order chi connectivity index (χ0) is 19.8. The molecule has 0 radical (unpaired) electrons. The summed E-state index contributed by atoms with van der Waals surface area (Å²) < 4.78 is 12.9. The van der Waals surface area contributed by atoms with Gasteiger partial charge in [-0.15, -0.1) is 0 Å². The molecular formula is C22H20FN3O2. The number of benzene rings is 2. The van der Waals surface area contributed by atoms with Crippen LogP contribution in [-0.2, 0) is 13.0 Å². The highest BCUT2D eigenvalue weighted by Gasteiger charge is 2.09. The summed E-state index contributed by atoms with van der Waals surface area (Å²) in [6.45, 7) is 0.853. The third-order valence-electron chi connectivity index (χ3n) is 4.22. The maximum absolute atomic E-state index is 12.9. The minimum atomic E-state index is -0.280. The molecule has 0 saturated carbocycles. The van der Waals surface area contributed by atoms with Gasteiger partial charge in [0.1, 0.15) is 5.82 Å². The number of amides is 2. The zero-order valence-electron chi connectivity index (χ0n) is 15.2. The predicted octanol–water partition coefficient (Wildman–Crippen LogP) is 3.12. The SMILES string of the molecule is O=C(NCCc1ccc(F)cc1)c1ccc(C(=O)NCc2ccncc2)cc1. The highest BCUT2D eigenvalue weighted by atomic mass is 19.1. The first-order valence-electron chi connectivity index (χ1n) is 8.91. The van der Waals surface area contributed by atoms with Crippen molar-refractivity contribution in [3.05, 3.63) is 101 Å². The topological polar surface area (TPSA) is 71.1 Å². The average Bonchev–Trinajstić information content (AvgIpc) is 2.74. The number of nitrogens with zero attached hydrogens (tertiary/aromatic N) is 1. The average molecular weight is 377 g/mol. The Labute approximate surface area is 162 Å². The first kappa shape index (κ1) is 19.2. The van der Waals surface area contributed by atoms with Crippen molar-refractivity contribution in [3.63, 3.8) is 0 Å². The lowest BCUT2D eigenvalue weighted by atomic mass is 10.1. The first-order chi connectivity index (χ1) is 13.6. The molecule has 0 aliphatic rings. The number of carbonyl (C=O) groups is 2. The molecule has 0 unspecified atom stereocenters. The summed E-state index contributed by atoms with van der Waals surface area (Å²) in [5, 5.41) is 5.64. The lowest BCUT2D eigenvalue weighted by molar-refractivity contribution is 0.0940. The van der Waals surface area contributed by atoms with Crippen LogP contribution in [0, 0.1) is 5.82 Å². The molecule has 0 aliphatic carbocycles. The molecule has 0 atom stereocenters. The molecule has 142 valence electrons. The molecule has 2 amide bonds. The normalized spacial score (nSPS) is 10.3. The zero-order valence-corrected chi connectivity index (χ0v) is 15.2. The largest absolute Gasteiger partial charge is 0.352 e. The summed E-state index contributed by atoms with van der Waals surface area (Å²) in [6, 6.07) is 16.3. The van der Waals surface area contributed by atoms with Crippen LogP contribution >= 0.6 is 0 Å². The predicted molar refractivity (Wildman–Crippen MR) is 104 cm³/mol. The van der Waals surface area contributed by atoms with E-state index in [-0.39, 0.29) is 17.6 Å². The lowest BCUT2D eigenvalue weighted by Crippen LogP contribution is -2.26. The van der Waals surface area contributed by atoms with Gasteiger partial charge in [0, 0.05) is 36.6 Å². The number of nitrogens with one attached hydrogen (secondary N) is 2. The number of halogens is 1. The Bertz CT molecular complexity index is 926. The van der Waals surface area contributed by atoms with Gasteiger partial charge in [-0.3, -0.25) is 14.6 Å². The second kappa shape index (κ2) is 9.41. The molecule has 2 aromatic carbocycles. The molecule has 2 N–H and O–H groups in total. The van der Waals surface area contributed by atoms with Crippen molar-refractivity contribution in [1.82, 2.24) is 15.6 Å². The molecule has 28 heavy (non-hydrogen) atoms. The molecule has 0 spiro atoms. The van der Waals surface area contributed by atoms with Gasteiger partial charge in [-0.1, -0.05) is 12.1 Å². The van der Waals surface area contributed by atoms with E-state index in [9.17, 15) is 14.0 Å². The Morgan fingerprint density at radius 3 is 1.93 bits per heavy atom. The van der Waals surface area contributed by atoms with Gasteiger partial charge in [0.2, 0.25) is 0 Å². The molecule has 3 rings (SSSR count). The Morgan fingerprint density at radius 1 is 0.750 bits per heavy atom. The van der Waals surface area contributed by atoms with Gasteiger partial charge >= 0.3 is 0 Å². The van der Waals surface area contributed by atoms with Crippen LogP contribution in [0.25, 0.3) is 0 Å². The van der Waals surface area contributed by atoms with Gasteiger partial charge in [-0.05, 0) is 66.1 Å². The van der Waals surface area contributed by atoms with E-state index in [1.807, 2.05) is 12.1 Å². The summed E-state index contributed by atoms with van der Waals surface area (Å²) in [7, 11) is 0. The van der Waals surface area contributed by atoms with Crippen molar-refractivity contribution in [2.75, 3.05) is 6.54 Å². The molecule has 0 aliphatic heterocycles. The van der Waals surface area contributed by atoms with Crippen LogP contribution in [0.5, 0.6) is 0 Å². The molecule has 5 nitrogen and oxygen atoms in total. The first-order valence-corrected chi connectivity index (χ1v) is 8.91. The summed E-state index contributed by atoms with van der Waals surface area (Å²) in [5.74, 6) is -0.705. The van der Waals surface area contributed by atoms with E-state index in [1.54, 1.807) is 48.8 Å². The number of rotatable bonds is 7. The maximum atomic E-state index is 12.9. The van der Waals surface area contributed by atoms with E-state index in [1.165, 1.54) is 12.1 Å². The highest BCUT2D eigenvalue weighted by molar-refractivity contribution is 5.97. The Hall–Kier alpha value is -3.54. The van der Waals surface area contributed by atoms with Gasteiger partial charge in [0.05, 0.1) is 0 Å². The van der Waals surface area contributed by atoms with Crippen molar-refractivity contribution >= 4 is 11.8 Å². The molecular weight excluding hydrogens is 357 g/mol. The maximum Gasteiger partial charge on any atom is 0.251 e. The monoisotopic (exact) mass is 377 g/mol. The second-order valence-corrected chi connectivity index (χ2v) is 6.25. The fourth-order valence-corrected chi connectivity index (χ4v) is 2.63. The number of pyridine rings is 1. The standard InChI is InChI=1S/C22H20FN3O2/c23-20-7-1-16(2-8-20)11-14-25-21(27)18-3-5-19(6-4-18)22(28)26-15-17-9-12-24-13-10-17/h1-10,12-13H,11,14-15H2,(H,25,27)(H,26,28). The van der Waals surface area contributed by atoms with Gasteiger partial charge in [0.15, 0.2) is 0 Å². The van der Waals surface area contributed by atoms with E-state index < -0.39 is 0 Å². The number of aromatic nitrogens is 1. The Balaban J connectivity index is 1.48. The lowest BCUT2D eigenvalue weighted by Gasteiger charge is -2.08. The smallest absolute Gasteiger partial charge is 0.251 e. The van der Waals surface area contributed by atoms with Gasteiger partial charge in [-0.2, -0.15) is 0 Å². The summed E-state index contributed by atoms with van der Waals surface area (Å²) in [4.78, 5) is 28.3. The number of hydrogen-bond donors (Lipinski definition) is 2. The molecule has 3 aromatic rings. The van der Waals surface area contributed by atoms with Crippen molar-refractivity contribution in [3.8, 4) is 0 Å². The summed E-state index contributed by atoms with van der Waals surface area (Å²) in [6.07, 6.45) is 3.96. The molecule has 0 fully saturated rings. The van der Waals surface area contributed by atoms with Crippen LogP contribution in [0.2, 0.25) is 0 Å². The quantitative estimate of drug-likeness (QED) is 0.665. The fraction of sp³-hybridized carbons (Fsp3) is 0.136. The molecule has 0 bridgehead atoms. The van der Waals surface area contributed by atoms with Crippen molar-refractivity contribution in [2.45, 2.75) is 13.0 Å². The van der Waals surface area contributed by atoms with Gasteiger partial charge in [0.25, 0.3) is 11.8 Å². The van der Waals surface area contributed by atoms with E-state index in [4.69, 9.17) is 0 Å². The molecule has 1 aromatic heterocycles. The molecule has 1 heterocycles. The minimum absolute atomic E-state index is 0.208. The van der Waals surface area contributed by atoms with Crippen molar-refractivity contribution in [2.24, 2.45) is 0 Å². The van der Waals surface area contributed by atoms with Crippen LogP contribution in [0.1, 0.15) is 31.8 Å². The number of hydrogen-bond acceptors (Lipinski definition) is 3. The van der Waals surface area contributed by atoms with Gasteiger partial charge < -0.3 is 10.6 Å². The van der Waals surface area contributed by atoms with E-state index in [0.717, 1.165) is 11.1 Å². The number of carbonyl (C=O) groups excluding carboxylic acids is 2. The van der Waals surface area contributed by atoms with Crippen LogP contribution < -0.4 is 10.6 Å². The van der Waals surface area contributed by atoms with E-state index in [0.29, 0.717) is 30.6 Å². The van der Waals surface area contributed by atoms with E-state index in [2.05, 4.69) is 15.6 Å². The second-order valence-electron chi connectivity index (χ2n) is 6.25.